The lowest BCUT2D eigenvalue weighted by Crippen LogP contribution is -2.32. The molecule has 0 spiro atoms. The van der Waals surface area contributed by atoms with Gasteiger partial charge in [-0.3, -0.25) is 5.01 Å². The molecule has 4 heteroatoms. The quantitative estimate of drug-likeness (QED) is 0.667. The zero-order chi connectivity index (χ0) is 17.5. The molecule has 2 aliphatic heterocycles. The number of rotatable bonds is 2. The highest BCUT2D eigenvalue weighted by molar-refractivity contribution is 6.07. The molecule has 3 aromatic rings. The molecule has 2 aliphatic rings. The van der Waals surface area contributed by atoms with Gasteiger partial charge in [-0.05, 0) is 42.0 Å². The average Bonchev–Trinajstić information content (AvgIpc) is 3.09. The lowest BCUT2D eigenvalue weighted by molar-refractivity contribution is 0.260. The zero-order valence-electron chi connectivity index (χ0n) is 14.0. The first-order chi connectivity index (χ1) is 12.8. The third-order valence-corrected chi connectivity index (χ3v) is 5.02. The zero-order valence-corrected chi connectivity index (χ0v) is 14.0. The fraction of sp³-hybridized carbons (Fsp3) is 0.136. The van der Waals surface area contributed by atoms with Crippen molar-refractivity contribution in [3.63, 3.8) is 0 Å². The SMILES string of the molecule is Fc1ccc([C@H]2[C@@H]3COc4ccccc4C3=NN2c2ccccc2)cc1. The number of nitrogens with zero attached hydrogens (tertiary/aromatic N) is 2. The molecule has 2 atom stereocenters. The van der Waals surface area contributed by atoms with Gasteiger partial charge in [0.2, 0.25) is 0 Å². The maximum absolute atomic E-state index is 13.5. The Morgan fingerprint density at radius 2 is 1.62 bits per heavy atom. The molecule has 0 saturated carbocycles. The van der Waals surface area contributed by atoms with E-state index in [1.54, 1.807) is 0 Å². The van der Waals surface area contributed by atoms with Crippen LogP contribution < -0.4 is 9.75 Å². The van der Waals surface area contributed by atoms with Crippen LogP contribution >= 0.6 is 0 Å². The summed E-state index contributed by atoms with van der Waals surface area (Å²) in [6, 6.07) is 24.8. The second kappa shape index (κ2) is 5.99. The summed E-state index contributed by atoms with van der Waals surface area (Å²) >= 11 is 0. The van der Waals surface area contributed by atoms with Gasteiger partial charge in [-0.15, -0.1) is 0 Å². The van der Waals surface area contributed by atoms with Gasteiger partial charge in [-0.1, -0.05) is 42.5 Å². The molecule has 0 aromatic heterocycles. The molecule has 0 amide bonds. The standard InChI is InChI=1S/C22H17FN2O/c23-16-12-10-15(11-13-16)22-19-14-26-20-9-5-4-8-18(20)21(19)24-25(22)17-6-2-1-3-7-17/h1-13,19,22H,14H2/t19-,22+/m1/s1. The van der Waals surface area contributed by atoms with Gasteiger partial charge >= 0.3 is 0 Å². The van der Waals surface area contributed by atoms with Crippen molar-refractivity contribution in [3.05, 3.63) is 95.8 Å². The number of para-hydroxylation sites is 2. The van der Waals surface area contributed by atoms with Crippen LogP contribution in [0.2, 0.25) is 0 Å². The van der Waals surface area contributed by atoms with E-state index in [0.29, 0.717) is 6.61 Å². The van der Waals surface area contributed by atoms with E-state index < -0.39 is 0 Å². The molecule has 5 rings (SSSR count). The van der Waals surface area contributed by atoms with Crippen molar-refractivity contribution in [2.75, 3.05) is 11.6 Å². The molecule has 0 unspecified atom stereocenters. The minimum absolute atomic E-state index is 0.0265. The smallest absolute Gasteiger partial charge is 0.128 e. The Bertz CT molecular complexity index is 969. The van der Waals surface area contributed by atoms with Gasteiger partial charge in [-0.2, -0.15) is 5.10 Å². The summed E-state index contributed by atoms with van der Waals surface area (Å²) in [6.45, 7) is 0.557. The monoisotopic (exact) mass is 344 g/mol. The van der Waals surface area contributed by atoms with Crippen molar-refractivity contribution in [1.29, 1.82) is 0 Å². The fourth-order valence-corrected chi connectivity index (χ4v) is 3.81. The largest absolute Gasteiger partial charge is 0.492 e. The second-order valence-corrected chi connectivity index (χ2v) is 6.58. The Kier molecular flexibility index (Phi) is 3.49. The number of ether oxygens (including phenoxy) is 1. The Balaban J connectivity index is 1.65. The van der Waals surface area contributed by atoms with Crippen LogP contribution in [0.1, 0.15) is 17.2 Å². The van der Waals surface area contributed by atoms with Crippen LogP contribution in [0.3, 0.4) is 0 Å². The van der Waals surface area contributed by atoms with Gasteiger partial charge in [0.1, 0.15) is 11.6 Å². The summed E-state index contributed by atoms with van der Waals surface area (Å²) < 4.78 is 19.5. The first-order valence-corrected chi connectivity index (χ1v) is 8.72. The highest BCUT2D eigenvalue weighted by Crippen LogP contribution is 2.44. The number of anilines is 1. The van der Waals surface area contributed by atoms with Crippen molar-refractivity contribution < 1.29 is 9.13 Å². The van der Waals surface area contributed by atoms with Crippen LogP contribution in [0.25, 0.3) is 0 Å². The topological polar surface area (TPSA) is 24.8 Å². The van der Waals surface area contributed by atoms with Crippen LogP contribution in [0.4, 0.5) is 10.1 Å². The summed E-state index contributed by atoms with van der Waals surface area (Å²) in [4.78, 5) is 0. The fourth-order valence-electron chi connectivity index (χ4n) is 3.81. The summed E-state index contributed by atoms with van der Waals surface area (Å²) in [7, 11) is 0. The summed E-state index contributed by atoms with van der Waals surface area (Å²) in [6.07, 6.45) is 0. The van der Waals surface area contributed by atoms with Crippen molar-refractivity contribution >= 4 is 11.4 Å². The van der Waals surface area contributed by atoms with Crippen molar-refractivity contribution in [3.8, 4) is 5.75 Å². The molecule has 26 heavy (non-hydrogen) atoms. The molecule has 3 aromatic carbocycles. The molecular formula is C22H17FN2O. The van der Waals surface area contributed by atoms with E-state index in [9.17, 15) is 4.39 Å². The van der Waals surface area contributed by atoms with E-state index in [4.69, 9.17) is 9.84 Å². The van der Waals surface area contributed by atoms with Gasteiger partial charge in [0.05, 0.1) is 30.0 Å². The lowest BCUT2D eigenvalue weighted by Gasteiger charge is -2.30. The van der Waals surface area contributed by atoms with Gasteiger partial charge in [0.25, 0.3) is 0 Å². The van der Waals surface area contributed by atoms with Crippen LogP contribution in [-0.4, -0.2) is 12.3 Å². The van der Waals surface area contributed by atoms with Crippen molar-refractivity contribution in [1.82, 2.24) is 0 Å². The maximum Gasteiger partial charge on any atom is 0.128 e. The summed E-state index contributed by atoms with van der Waals surface area (Å²) in [5.74, 6) is 0.732. The molecule has 0 bridgehead atoms. The van der Waals surface area contributed by atoms with Gasteiger partial charge in [0, 0.05) is 5.56 Å². The Hall–Kier alpha value is -3.14. The van der Waals surface area contributed by atoms with E-state index in [0.717, 1.165) is 28.3 Å². The number of fused-ring (bicyclic) bond motifs is 3. The molecule has 0 radical (unpaired) electrons. The first kappa shape index (κ1) is 15.1. The van der Waals surface area contributed by atoms with E-state index in [1.807, 2.05) is 65.7 Å². The molecule has 2 heterocycles. The second-order valence-electron chi connectivity index (χ2n) is 6.58. The average molecular weight is 344 g/mol. The Morgan fingerprint density at radius 1 is 0.885 bits per heavy atom. The van der Waals surface area contributed by atoms with Gasteiger partial charge in [-0.25, -0.2) is 4.39 Å². The first-order valence-electron chi connectivity index (χ1n) is 8.72. The molecular weight excluding hydrogens is 327 g/mol. The van der Waals surface area contributed by atoms with Crippen LogP contribution in [0, 0.1) is 11.7 Å². The van der Waals surface area contributed by atoms with Crippen molar-refractivity contribution in [2.24, 2.45) is 11.0 Å². The maximum atomic E-state index is 13.5. The molecule has 0 aliphatic carbocycles. The number of benzene rings is 3. The minimum atomic E-state index is -0.232. The van der Waals surface area contributed by atoms with Gasteiger partial charge < -0.3 is 4.74 Å². The van der Waals surface area contributed by atoms with E-state index in [-0.39, 0.29) is 17.8 Å². The number of hydrogen-bond acceptors (Lipinski definition) is 3. The van der Waals surface area contributed by atoms with Crippen LogP contribution in [0.15, 0.2) is 84.0 Å². The number of hydrazone groups is 1. The molecule has 0 N–H and O–H groups in total. The molecule has 3 nitrogen and oxygen atoms in total. The molecule has 0 fully saturated rings. The Labute approximate surface area is 151 Å². The summed E-state index contributed by atoms with van der Waals surface area (Å²) in [5.41, 5.74) is 4.11. The minimum Gasteiger partial charge on any atom is -0.492 e. The normalized spacial score (nSPS) is 20.8. The highest BCUT2D eigenvalue weighted by Gasteiger charge is 2.43. The predicted molar refractivity (Wildman–Crippen MR) is 100 cm³/mol. The van der Waals surface area contributed by atoms with Crippen molar-refractivity contribution in [2.45, 2.75) is 6.04 Å². The van der Waals surface area contributed by atoms with E-state index >= 15 is 0 Å². The number of hydrogen-bond donors (Lipinski definition) is 0. The third kappa shape index (κ3) is 2.37. The molecule has 128 valence electrons. The third-order valence-electron chi connectivity index (χ3n) is 5.02. The molecule has 0 saturated heterocycles. The lowest BCUT2D eigenvalue weighted by atomic mass is 9.85. The van der Waals surface area contributed by atoms with E-state index in [2.05, 4.69) is 6.07 Å². The predicted octanol–water partition coefficient (Wildman–Crippen LogP) is 4.80. The van der Waals surface area contributed by atoms with Crippen LogP contribution in [0.5, 0.6) is 5.75 Å². The number of halogens is 1. The summed E-state index contributed by atoms with van der Waals surface area (Å²) in [5, 5.41) is 7.02. The Morgan fingerprint density at radius 3 is 2.42 bits per heavy atom. The van der Waals surface area contributed by atoms with Crippen LogP contribution in [-0.2, 0) is 0 Å². The van der Waals surface area contributed by atoms with E-state index in [1.165, 1.54) is 12.1 Å². The highest BCUT2D eigenvalue weighted by atomic mass is 19.1. The van der Waals surface area contributed by atoms with Gasteiger partial charge in [0.15, 0.2) is 0 Å².